The molecule has 0 saturated heterocycles. The van der Waals surface area contributed by atoms with Gasteiger partial charge in [0.25, 0.3) is 6.29 Å². The second-order valence-electron chi connectivity index (χ2n) is 8.21. The van der Waals surface area contributed by atoms with Crippen molar-refractivity contribution in [3.63, 3.8) is 0 Å². The second-order valence-corrected chi connectivity index (χ2v) is 8.65. The van der Waals surface area contributed by atoms with Crippen LogP contribution in [0, 0.1) is 5.92 Å². The van der Waals surface area contributed by atoms with Crippen molar-refractivity contribution in [2.75, 3.05) is 0 Å². The summed E-state index contributed by atoms with van der Waals surface area (Å²) >= 11 is 5.94. The fraction of sp³-hybridized carbons (Fsp3) is 0.423. The van der Waals surface area contributed by atoms with Crippen LogP contribution in [0.4, 0.5) is 4.79 Å². The molecule has 1 amide bonds. The zero-order valence-corrected chi connectivity index (χ0v) is 20.5. The third kappa shape index (κ3) is 9.83. The van der Waals surface area contributed by atoms with Crippen molar-refractivity contribution in [2.45, 2.75) is 65.4 Å². The first-order chi connectivity index (χ1) is 16.3. The predicted molar refractivity (Wildman–Crippen MR) is 129 cm³/mol. The maximum Gasteiger partial charge on any atom is 0.410 e. The topological polar surface area (TPSA) is 90.9 Å². The molecule has 8 heteroatoms. The maximum absolute atomic E-state index is 12.8. The minimum absolute atomic E-state index is 0.0805. The summed E-state index contributed by atoms with van der Waals surface area (Å²) in [5.41, 5.74) is 1.78. The van der Waals surface area contributed by atoms with Crippen LogP contribution in [0.1, 0.15) is 51.2 Å². The molecule has 0 spiro atoms. The summed E-state index contributed by atoms with van der Waals surface area (Å²) in [6, 6.07) is 15.5. The van der Waals surface area contributed by atoms with Crippen LogP contribution < -0.4 is 5.32 Å². The molecule has 0 bridgehead atoms. The Morgan fingerprint density at radius 3 is 2.24 bits per heavy atom. The summed E-state index contributed by atoms with van der Waals surface area (Å²) < 4.78 is 16.0. The lowest BCUT2D eigenvalue weighted by Gasteiger charge is -2.23. The number of hydrogen-bond acceptors (Lipinski definition) is 6. The summed E-state index contributed by atoms with van der Waals surface area (Å²) in [6.45, 7) is 5.47. The van der Waals surface area contributed by atoms with Gasteiger partial charge in [-0.05, 0) is 42.5 Å². The normalized spacial score (nSPS) is 12.5. The minimum atomic E-state index is -1.06. The zero-order valence-electron chi connectivity index (χ0n) is 19.8. The molecule has 2 aromatic rings. The van der Waals surface area contributed by atoms with Crippen molar-refractivity contribution in [1.82, 2.24) is 5.32 Å². The van der Waals surface area contributed by atoms with Crippen LogP contribution >= 0.6 is 11.6 Å². The van der Waals surface area contributed by atoms with Crippen LogP contribution in [-0.2, 0) is 36.8 Å². The molecule has 2 aromatic carbocycles. The van der Waals surface area contributed by atoms with E-state index in [1.807, 2.05) is 49.4 Å². The highest BCUT2D eigenvalue weighted by atomic mass is 35.5. The Morgan fingerprint density at radius 1 is 0.941 bits per heavy atom. The lowest BCUT2D eigenvalue weighted by atomic mass is 10.1. The molecule has 2 atom stereocenters. The number of esters is 2. The smallest absolute Gasteiger partial charge is 0.410 e. The van der Waals surface area contributed by atoms with Crippen molar-refractivity contribution < 1.29 is 28.6 Å². The number of nitrogens with one attached hydrogen (secondary N) is 1. The number of alkyl carbamates (subject to hydrolysis) is 1. The van der Waals surface area contributed by atoms with Crippen molar-refractivity contribution in [1.29, 1.82) is 0 Å². The quantitative estimate of drug-likeness (QED) is 0.315. The first kappa shape index (κ1) is 27.2. The van der Waals surface area contributed by atoms with Gasteiger partial charge in [-0.2, -0.15) is 0 Å². The molecule has 7 nitrogen and oxygen atoms in total. The van der Waals surface area contributed by atoms with Crippen LogP contribution in [0.3, 0.4) is 0 Å². The van der Waals surface area contributed by atoms with E-state index in [2.05, 4.69) is 5.32 Å². The predicted octanol–water partition coefficient (Wildman–Crippen LogP) is 5.44. The van der Waals surface area contributed by atoms with E-state index >= 15 is 0 Å². The van der Waals surface area contributed by atoms with E-state index in [9.17, 15) is 14.4 Å². The summed E-state index contributed by atoms with van der Waals surface area (Å²) in [7, 11) is 0. The van der Waals surface area contributed by atoms with E-state index < -0.39 is 30.4 Å². The van der Waals surface area contributed by atoms with Gasteiger partial charge in [0.05, 0.1) is 0 Å². The van der Waals surface area contributed by atoms with Crippen LogP contribution in [-0.4, -0.2) is 30.4 Å². The lowest BCUT2D eigenvalue weighted by Crippen LogP contribution is -2.44. The number of carbonyl (C=O) groups is 3. The van der Waals surface area contributed by atoms with Crippen molar-refractivity contribution >= 4 is 29.6 Å². The molecule has 0 saturated carbocycles. The standard InChI is InChI=1S/C26H32ClNO6/c1-4-8-23(29)33-25(18(2)3)34-26(31)28-22(16-13-19-11-14-21(27)15-12-19)24(30)32-17-20-9-6-5-7-10-20/h5-7,9-12,14-15,18,22,25H,4,8,13,16-17H2,1-3H3,(H,28,31). The number of hydrogen-bond donors (Lipinski definition) is 1. The zero-order chi connectivity index (χ0) is 24.9. The fourth-order valence-electron chi connectivity index (χ4n) is 3.01. The summed E-state index contributed by atoms with van der Waals surface area (Å²) in [6.07, 6.45) is -0.287. The molecule has 0 radical (unpaired) electrons. The number of rotatable bonds is 12. The number of halogens is 1. The summed E-state index contributed by atoms with van der Waals surface area (Å²) in [5, 5.41) is 3.18. The SMILES string of the molecule is CCCC(=O)OC(OC(=O)NC(CCc1ccc(Cl)cc1)C(=O)OCc1ccccc1)C(C)C. The third-order valence-electron chi connectivity index (χ3n) is 4.90. The number of aryl methyl sites for hydroxylation is 1. The van der Waals surface area contributed by atoms with Crippen LogP contribution in [0.15, 0.2) is 54.6 Å². The third-order valence-corrected chi connectivity index (χ3v) is 5.16. The van der Waals surface area contributed by atoms with Crippen LogP contribution in [0.25, 0.3) is 0 Å². The minimum Gasteiger partial charge on any atom is -0.459 e. The molecule has 2 rings (SSSR count). The van der Waals surface area contributed by atoms with Gasteiger partial charge >= 0.3 is 18.0 Å². The highest BCUT2D eigenvalue weighted by Gasteiger charge is 2.27. The van der Waals surface area contributed by atoms with Gasteiger partial charge in [-0.15, -0.1) is 0 Å². The van der Waals surface area contributed by atoms with Gasteiger partial charge in [0.15, 0.2) is 0 Å². The van der Waals surface area contributed by atoms with E-state index in [-0.39, 0.29) is 25.4 Å². The van der Waals surface area contributed by atoms with Crippen molar-refractivity contribution in [3.05, 3.63) is 70.7 Å². The first-order valence-electron chi connectivity index (χ1n) is 11.4. The van der Waals surface area contributed by atoms with Gasteiger partial charge < -0.3 is 19.5 Å². The Labute approximate surface area is 205 Å². The van der Waals surface area contributed by atoms with Crippen LogP contribution in [0.2, 0.25) is 5.02 Å². The van der Waals surface area contributed by atoms with Gasteiger partial charge in [-0.25, -0.2) is 9.59 Å². The molecule has 34 heavy (non-hydrogen) atoms. The van der Waals surface area contributed by atoms with Gasteiger partial charge in [0, 0.05) is 17.4 Å². The van der Waals surface area contributed by atoms with Gasteiger partial charge in [0.2, 0.25) is 0 Å². The number of carbonyl (C=O) groups excluding carboxylic acids is 3. The molecule has 0 aliphatic carbocycles. The lowest BCUT2D eigenvalue weighted by molar-refractivity contribution is -0.175. The second kappa shape index (κ2) is 14.3. The molecule has 0 aliphatic heterocycles. The van der Waals surface area contributed by atoms with E-state index in [0.29, 0.717) is 17.9 Å². The van der Waals surface area contributed by atoms with Gasteiger partial charge in [-0.3, -0.25) is 4.79 Å². The van der Waals surface area contributed by atoms with Crippen molar-refractivity contribution in [2.24, 2.45) is 5.92 Å². The van der Waals surface area contributed by atoms with E-state index in [1.165, 1.54) is 0 Å². The van der Waals surface area contributed by atoms with Gasteiger partial charge in [-0.1, -0.05) is 74.8 Å². The molecule has 0 aliphatic rings. The summed E-state index contributed by atoms with van der Waals surface area (Å²) in [5.74, 6) is -1.29. The largest absolute Gasteiger partial charge is 0.459 e. The number of ether oxygens (including phenoxy) is 3. The fourth-order valence-corrected chi connectivity index (χ4v) is 3.14. The number of amides is 1. The molecular weight excluding hydrogens is 458 g/mol. The molecule has 2 unspecified atom stereocenters. The number of benzene rings is 2. The Balaban J connectivity index is 2.03. The summed E-state index contributed by atoms with van der Waals surface area (Å²) in [4.78, 5) is 37.3. The molecule has 184 valence electrons. The molecule has 0 fully saturated rings. The highest BCUT2D eigenvalue weighted by Crippen LogP contribution is 2.14. The average Bonchev–Trinajstić information content (AvgIpc) is 2.81. The van der Waals surface area contributed by atoms with Crippen LogP contribution in [0.5, 0.6) is 0 Å². The molecule has 1 N–H and O–H groups in total. The van der Waals surface area contributed by atoms with E-state index in [1.54, 1.807) is 26.0 Å². The Hall–Kier alpha value is -3.06. The average molecular weight is 490 g/mol. The Morgan fingerprint density at radius 2 is 1.62 bits per heavy atom. The van der Waals surface area contributed by atoms with Gasteiger partial charge in [0.1, 0.15) is 12.6 Å². The van der Waals surface area contributed by atoms with Crippen molar-refractivity contribution in [3.8, 4) is 0 Å². The Kier molecular flexibility index (Phi) is 11.4. The Bertz CT molecular complexity index is 917. The maximum atomic E-state index is 12.8. The first-order valence-corrected chi connectivity index (χ1v) is 11.8. The molecule has 0 aromatic heterocycles. The molecular formula is C26H32ClNO6. The van der Waals surface area contributed by atoms with E-state index in [4.69, 9.17) is 25.8 Å². The monoisotopic (exact) mass is 489 g/mol. The van der Waals surface area contributed by atoms with E-state index in [0.717, 1.165) is 11.1 Å². The molecule has 0 heterocycles. The highest BCUT2D eigenvalue weighted by molar-refractivity contribution is 6.30.